The first-order valence-electron chi connectivity index (χ1n) is 7.90. The van der Waals surface area contributed by atoms with Gasteiger partial charge in [0, 0.05) is 37.2 Å². The van der Waals surface area contributed by atoms with E-state index in [9.17, 15) is 0 Å². The third-order valence-electron chi connectivity index (χ3n) is 4.69. The zero-order valence-electron chi connectivity index (χ0n) is 13.5. The number of nitrogens with one attached hydrogen (secondary N) is 1. The molecule has 1 unspecified atom stereocenters. The van der Waals surface area contributed by atoms with Crippen LogP contribution >= 0.6 is 11.6 Å². The molecule has 1 aliphatic rings. The Bertz CT molecular complexity index is 636. The molecule has 7 heteroatoms. The van der Waals surface area contributed by atoms with Gasteiger partial charge < -0.3 is 10.1 Å². The Balaban J connectivity index is 1.77. The van der Waals surface area contributed by atoms with Gasteiger partial charge in [-0.05, 0) is 47.9 Å². The predicted molar refractivity (Wildman–Crippen MR) is 88.4 cm³/mol. The number of benzene rings is 1. The van der Waals surface area contributed by atoms with Crippen molar-refractivity contribution in [3.8, 4) is 0 Å². The molecule has 23 heavy (non-hydrogen) atoms. The van der Waals surface area contributed by atoms with Crippen molar-refractivity contribution >= 4 is 11.6 Å². The summed E-state index contributed by atoms with van der Waals surface area (Å²) in [5, 5.41) is 16.1. The SMILES string of the molecule is CC(NCC1(c2ccc(Cl)cc2)CCOCC1)c1nnnn1C. The molecule has 0 amide bonds. The highest BCUT2D eigenvalue weighted by atomic mass is 35.5. The van der Waals surface area contributed by atoms with Crippen molar-refractivity contribution in [2.75, 3.05) is 19.8 Å². The second kappa shape index (κ2) is 6.95. The van der Waals surface area contributed by atoms with Crippen LogP contribution in [-0.4, -0.2) is 40.0 Å². The minimum Gasteiger partial charge on any atom is -0.381 e. The summed E-state index contributed by atoms with van der Waals surface area (Å²) < 4.78 is 7.28. The molecular formula is C16H22ClN5O. The molecule has 1 atom stereocenters. The number of hydrogen-bond acceptors (Lipinski definition) is 5. The Hall–Kier alpha value is -1.50. The number of aryl methyl sites for hydroxylation is 1. The first-order valence-corrected chi connectivity index (χ1v) is 8.28. The predicted octanol–water partition coefficient (Wildman–Crippen LogP) is 2.26. The molecule has 0 bridgehead atoms. The summed E-state index contributed by atoms with van der Waals surface area (Å²) in [4.78, 5) is 0. The summed E-state index contributed by atoms with van der Waals surface area (Å²) in [6.07, 6.45) is 1.98. The van der Waals surface area contributed by atoms with Crippen molar-refractivity contribution in [3.63, 3.8) is 0 Å². The van der Waals surface area contributed by atoms with E-state index in [0.717, 1.165) is 43.4 Å². The van der Waals surface area contributed by atoms with Gasteiger partial charge in [-0.1, -0.05) is 23.7 Å². The number of rotatable bonds is 5. The monoisotopic (exact) mass is 335 g/mol. The van der Waals surface area contributed by atoms with E-state index in [0.29, 0.717) is 0 Å². The summed E-state index contributed by atoms with van der Waals surface area (Å²) in [5.74, 6) is 0.836. The fourth-order valence-electron chi connectivity index (χ4n) is 3.18. The van der Waals surface area contributed by atoms with Gasteiger partial charge in [-0.3, -0.25) is 0 Å². The van der Waals surface area contributed by atoms with E-state index in [-0.39, 0.29) is 11.5 Å². The van der Waals surface area contributed by atoms with E-state index >= 15 is 0 Å². The first-order chi connectivity index (χ1) is 11.1. The summed E-state index contributed by atoms with van der Waals surface area (Å²) in [7, 11) is 1.86. The van der Waals surface area contributed by atoms with Crippen molar-refractivity contribution in [2.24, 2.45) is 7.05 Å². The average molecular weight is 336 g/mol. The van der Waals surface area contributed by atoms with Crippen molar-refractivity contribution in [1.82, 2.24) is 25.5 Å². The van der Waals surface area contributed by atoms with Crippen molar-refractivity contribution in [3.05, 3.63) is 40.7 Å². The summed E-state index contributed by atoms with van der Waals surface area (Å²) in [6, 6.07) is 8.27. The average Bonchev–Trinajstić information content (AvgIpc) is 3.00. The van der Waals surface area contributed by atoms with Crippen molar-refractivity contribution < 1.29 is 4.74 Å². The van der Waals surface area contributed by atoms with Crippen LogP contribution in [-0.2, 0) is 17.2 Å². The number of hydrogen-bond donors (Lipinski definition) is 1. The molecule has 3 rings (SSSR count). The van der Waals surface area contributed by atoms with E-state index in [2.05, 4.69) is 39.9 Å². The minimum absolute atomic E-state index is 0.0587. The van der Waals surface area contributed by atoms with E-state index < -0.39 is 0 Å². The molecule has 1 aliphatic heterocycles. The van der Waals surface area contributed by atoms with Gasteiger partial charge in [0.25, 0.3) is 0 Å². The van der Waals surface area contributed by atoms with E-state index in [1.54, 1.807) is 4.68 Å². The zero-order valence-corrected chi connectivity index (χ0v) is 14.3. The van der Waals surface area contributed by atoms with Crippen LogP contribution in [0, 0.1) is 0 Å². The van der Waals surface area contributed by atoms with Crippen LogP contribution in [0.25, 0.3) is 0 Å². The number of nitrogens with zero attached hydrogens (tertiary/aromatic N) is 4. The van der Waals surface area contributed by atoms with Gasteiger partial charge in [-0.2, -0.15) is 0 Å². The second-order valence-electron chi connectivity index (χ2n) is 6.16. The molecule has 0 aliphatic carbocycles. The van der Waals surface area contributed by atoms with Crippen LogP contribution in [0.2, 0.25) is 5.02 Å². The fraction of sp³-hybridized carbons (Fsp3) is 0.562. The lowest BCUT2D eigenvalue weighted by Crippen LogP contribution is -2.43. The molecule has 2 aromatic rings. The van der Waals surface area contributed by atoms with Crippen LogP contribution in [0.1, 0.15) is 37.2 Å². The zero-order chi connectivity index (χ0) is 16.3. The molecule has 124 valence electrons. The third kappa shape index (κ3) is 3.54. The number of aromatic nitrogens is 4. The largest absolute Gasteiger partial charge is 0.381 e. The standard InChI is InChI=1S/C16H22ClN5O/c1-12(15-19-20-21-22(15)2)18-11-16(7-9-23-10-8-16)13-3-5-14(17)6-4-13/h3-6,12,18H,7-11H2,1-2H3. The van der Waals surface area contributed by atoms with Gasteiger partial charge in [-0.25, -0.2) is 4.68 Å². The Morgan fingerprint density at radius 1 is 1.30 bits per heavy atom. The third-order valence-corrected chi connectivity index (χ3v) is 4.95. The number of tetrazole rings is 1. The smallest absolute Gasteiger partial charge is 0.167 e. The molecule has 1 saturated heterocycles. The van der Waals surface area contributed by atoms with E-state index in [4.69, 9.17) is 16.3 Å². The van der Waals surface area contributed by atoms with Crippen LogP contribution in [0.5, 0.6) is 0 Å². The van der Waals surface area contributed by atoms with E-state index in [1.165, 1.54) is 5.56 Å². The number of halogens is 1. The van der Waals surface area contributed by atoms with Gasteiger partial charge in [-0.15, -0.1) is 5.10 Å². The van der Waals surface area contributed by atoms with Gasteiger partial charge in [0.1, 0.15) is 0 Å². The molecule has 0 spiro atoms. The first kappa shape index (κ1) is 16.4. The van der Waals surface area contributed by atoms with E-state index in [1.807, 2.05) is 19.2 Å². The van der Waals surface area contributed by atoms with Gasteiger partial charge in [0.2, 0.25) is 0 Å². The molecule has 1 N–H and O–H groups in total. The van der Waals surface area contributed by atoms with Crippen LogP contribution < -0.4 is 5.32 Å². The Labute approximate surface area is 141 Å². The minimum atomic E-state index is 0.0587. The lowest BCUT2D eigenvalue weighted by molar-refractivity contribution is 0.0489. The maximum atomic E-state index is 6.04. The molecule has 1 aromatic heterocycles. The summed E-state index contributed by atoms with van der Waals surface area (Å²) in [6.45, 7) is 4.50. The van der Waals surface area contributed by atoms with Crippen molar-refractivity contribution in [1.29, 1.82) is 0 Å². The topological polar surface area (TPSA) is 64.9 Å². The fourth-order valence-corrected chi connectivity index (χ4v) is 3.30. The van der Waals surface area contributed by atoms with Crippen molar-refractivity contribution in [2.45, 2.75) is 31.2 Å². The lowest BCUT2D eigenvalue weighted by atomic mass is 9.74. The molecule has 2 heterocycles. The maximum Gasteiger partial charge on any atom is 0.167 e. The van der Waals surface area contributed by atoms with Gasteiger partial charge in [0.15, 0.2) is 5.82 Å². The van der Waals surface area contributed by atoms with Gasteiger partial charge >= 0.3 is 0 Å². The van der Waals surface area contributed by atoms with Gasteiger partial charge in [0.05, 0.1) is 6.04 Å². The highest BCUT2D eigenvalue weighted by Gasteiger charge is 2.34. The second-order valence-corrected chi connectivity index (χ2v) is 6.60. The van der Waals surface area contributed by atoms with Crippen LogP contribution in [0.4, 0.5) is 0 Å². The summed E-state index contributed by atoms with van der Waals surface area (Å²) >= 11 is 6.04. The lowest BCUT2D eigenvalue weighted by Gasteiger charge is -2.38. The summed E-state index contributed by atoms with van der Waals surface area (Å²) in [5.41, 5.74) is 1.37. The highest BCUT2D eigenvalue weighted by Crippen LogP contribution is 2.35. The highest BCUT2D eigenvalue weighted by molar-refractivity contribution is 6.30. The van der Waals surface area contributed by atoms with Crippen LogP contribution in [0.15, 0.2) is 24.3 Å². The Kier molecular flexibility index (Phi) is 4.94. The molecule has 6 nitrogen and oxygen atoms in total. The normalized spacial score (nSPS) is 18.7. The Morgan fingerprint density at radius 3 is 2.61 bits per heavy atom. The number of ether oxygens (including phenoxy) is 1. The Morgan fingerprint density at radius 2 is 2.00 bits per heavy atom. The molecular weight excluding hydrogens is 314 g/mol. The molecule has 0 saturated carbocycles. The van der Waals surface area contributed by atoms with Crippen LogP contribution in [0.3, 0.4) is 0 Å². The molecule has 1 aromatic carbocycles. The molecule has 0 radical (unpaired) electrons. The quantitative estimate of drug-likeness (QED) is 0.908. The molecule has 1 fully saturated rings. The maximum absolute atomic E-state index is 6.04.